The Morgan fingerprint density at radius 3 is 2.56 bits per heavy atom. The lowest BCUT2D eigenvalue weighted by Crippen LogP contribution is -2.58. The summed E-state index contributed by atoms with van der Waals surface area (Å²) in [4.78, 5) is 81.8. The van der Waals surface area contributed by atoms with E-state index in [0.29, 0.717) is 18.8 Å². The molecule has 1 saturated heterocycles. The average Bonchev–Trinajstić information content (AvgIpc) is 3.48. The molecule has 3 N–H and O–H groups in total. The van der Waals surface area contributed by atoms with E-state index >= 15 is 0 Å². The van der Waals surface area contributed by atoms with Crippen LogP contribution in [0.15, 0.2) is 36.9 Å². The first-order valence-corrected chi connectivity index (χ1v) is 18.5. The fourth-order valence-corrected chi connectivity index (χ4v) is 7.06. The summed E-state index contributed by atoms with van der Waals surface area (Å²) in [6.45, 7) is 13.0. The largest absolute Gasteiger partial charge is 0.493 e. The molecular formula is C39H56N4O9. The van der Waals surface area contributed by atoms with Gasteiger partial charge in [-0.05, 0) is 77.5 Å². The van der Waals surface area contributed by atoms with Crippen molar-refractivity contribution in [3.63, 3.8) is 0 Å². The molecule has 2 unspecified atom stereocenters. The number of esters is 1. The molecule has 286 valence electrons. The van der Waals surface area contributed by atoms with Gasteiger partial charge in [0, 0.05) is 25.9 Å². The van der Waals surface area contributed by atoms with Crippen molar-refractivity contribution in [1.82, 2.24) is 20.9 Å². The van der Waals surface area contributed by atoms with Crippen molar-refractivity contribution in [1.29, 1.82) is 0 Å². The predicted octanol–water partition coefficient (Wildman–Crippen LogP) is 3.32. The number of carbonyl (C=O) groups is 6. The highest BCUT2D eigenvalue weighted by Crippen LogP contribution is 2.32. The van der Waals surface area contributed by atoms with Gasteiger partial charge in [-0.25, -0.2) is 0 Å². The van der Waals surface area contributed by atoms with E-state index in [0.717, 1.165) is 37.7 Å². The predicted molar refractivity (Wildman–Crippen MR) is 193 cm³/mol. The summed E-state index contributed by atoms with van der Waals surface area (Å²) in [6, 6.07) is 4.18. The monoisotopic (exact) mass is 724 g/mol. The van der Waals surface area contributed by atoms with E-state index in [2.05, 4.69) is 22.5 Å². The van der Waals surface area contributed by atoms with Gasteiger partial charge in [-0.3, -0.25) is 28.8 Å². The number of nitrogens with one attached hydrogen (secondary N) is 3. The molecule has 4 bridgehead atoms. The molecule has 2 aliphatic heterocycles. The van der Waals surface area contributed by atoms with Gasteiger partial charge in [-0.2, -0.15) is 0 Å². The Bertz CT molecular complexity index is 1480. The van der Waals surface area contributed by atoms with Crippen molar-refractivity contribution in [2.75, 3.05) is 19.7 Å². The highest BCUT2D eigenvalue weighted by Gasteiger charge is 2.46. The summed E-state index contributed by atoms with van der Waals surface area (Å²) in [5.41, 5.74) is -0.616. The standard InChI is InChI=1S/C39H56N4O9/c1-7-12-29(34(46)36(48)40-19-17-32(45)52-38(2,3)4)41-35(47)30-23-28-24-43(30)37(49)33(26-14-9-8-10-15-26)42-31(44)22-25-13-11-16-27(21-25)50-20-18-39(5,6)51-28/h7,11,13,16,21,26,28-30,33H,1,8-10,12,14-15,17-20,22-24H2,2-6H3,(H,40,48)(H,41,47)(H,42,44)/t28-,29?,30?,33+/m1/s1. The molecule has 2 fully saturated rings. The van der Waals surface area contributed by atoms with E-state index in [4.69, 9.17) is 14.2 Å². The zero-order valence-corrected chi connectivity index (χ0v) is 31.3. The third kappa shape index (κ3) is 11.9. The van der Waals surface area contributed by atoms with Crippen LogP contribution >= 0.6 is 0 Å². The molecule has 13 heteroatoms. The van der Waals surface area contributed by atoms with Crippen LogP contribution in [0.4, 0.5) is 0 Å². The first kappa shape index (κ1) is 40.5. The molecule has 4 rings (SSSR count). The number of carbonyl (C=O) groups excluding carboxylic acids is 6. The van der Waals surface area contributed by atoms with Crippen LogP contribution < -0.4 is 20.7 Å². The topological polar surface area (TPSA) is 169 Å². The van der Waals surface area contributed by atoms with Crippen molar-refractivity contribution in [3.8, 4) is 5.75 Å². The lowest BCUT2D eigenvalue weighted by Gasteiger charge is -2.35. The average molecular weight is 725 g/mol. The smallest absolute Gasteiger partial charge is 0.308 e. The van der Waals surface area contributed by atoms with E-state index in [1.807, 2.05) is 38.1 Å². The number of benzene rings is 1. The molecule has 4 atom stereocenters. The van der Waals surface area contributed by atoms with Gasteiger partial charge >= 0.3 is 5.97 Å². The maximum atomic E-state index is 14.6. The van der Waals surface area contributed by atoms with Crippen LogP contribution in [0.1, 0.15) is 98.0 Å². The minimum atomic E-state index is -1.26. The number of ether oxygens (including phenoxy) is 3. The van der Waals surface area contributed by atoms with Crippen LogP contribution in [0.25, 0.3) is 0 Å². The van der Waals surface area contributed by atoms with Gasteiger partial charge in [0.05, 0.1) is 31.2 Å². The normalized spacial score (nSPS) is 23.4. The quantitative estimate of drug-likeness (QED) is 0.186. The molecule has 1 aliphatic carbocycles. The number of hydrogen-bond donors (Lipinski definition) is 3. The van der Waals surface area contributed by atoms with E-state index < -0.39 is 59.0 Å². The van der Waals surface area contributed by atoms with Crippen LogP contribution in [0.5, 0.6) is 5.75 Å². The first-order valence-electron chi connectivity index (χ1n) is 18.5. The van der Waals surface area contributed by atoms with E-state index in [1.165, 1.54) is 11.0 Å². The Hall–Kier alpha value is -4.26. The Balaban J connectivity index is 1.56. The molecule has 4 amide bonds. The summed E-state index contributed by atoms with van der Waals surface area (Å²) in [5, 5.41) is 8.15. The minimum Gasteiger partial charge on any atom is -0.493 e. The summed E-state index contributed by atoms with van der Waals surface area (Å²) >= 11 is 0. The highest BCUT2D eigenvalue weighted by atomic mass is 16.6. The van der Waals surface area contributed by atoms with Crippen molar-refractivity contribution < 1.29 is 43.0 Å². The van der Waals surface area contributed by atoms with Gasteiger partial charge in [0.25, 0.3) is 5.91 Å². The number of hydrogen-bond acceptors (Lipinski definition) is 9. The van der Waals surface area contributed by atoms with Gasteiger partial charge < -0.3 is 35.1 Å². The number of Topliss-reactive ketones (excluding diaryl/α,β-unsaturated/α-hetero) is 1. The Morgan fingerprint density at radius 2 is 1.87 bits per heavy atom. The van der Waals surface area contributed by atoms with Crippen LogP contribution in [0.3, 0.4) is 0 Å². The third-order valence-corrected chi connectivity index (χ3v) is 9.57. The second-order valence-corrected chi connectivity index (χ2v) is 15.6. The van der Waals surface area contributed by atoms with Crippen molar-refractivity contribution in [2.24, 2.45) is 5.92 Å². The summed E-state index contributed by atoms with van der Waals surface area (Å²) in [5.74, 6) is -3.19. The third-order valence-electron chi connectivity index (χ3n) is 9.57. The molecule has 3 aliphatic rings. The molecule has 1 saturated carbocycles. The Kier molecular flexibility index (Phi) is 14.0. The van der Waals surface area contributed by atoms with Gasteiger partial charge in [0.15, 0.2) is 0 Å². The lowest BCUT2D eigenvalue weighted by atomic mass is 9.83. The number of amides is 4. The van der Waals surface area contributed by atoms with Crippen LogP contribution in [0, 0.1) is 5.92 Å². The molecule has 52 heavy (non-hydrogen) atoms. The zero-order valence-electron chi connectivity index (χ0n) is 31.3. The molecule has 2 heterocycles. The molecule has 0 aromatic heterocycles. The molecular weight excluding hydrogens is 668 g/mol. The second-order valence-electron chi connectivity index (χ2n) is 15.6. The van der Waals surface area contributed by atoms with Crippen molar-refractivity contribution in [3.05, 3.63) is 42.5 Å². The molecule has 13 nitrogen and oxygen atoms in total. The Morgan fingerprint density at radius 1 is 1.13 bits per heavy atom. The summed E-state index contributed by atoms with van der Waals surface area (Å²) < 4.78 is 17.8. The van der Waals surface area contributed by atoms with Crippen LogP contribution in [0.2, 0.25) is 0 Å². The van der Waals surface area contributed by atoms with Gasteiger partial charge in [0.1, 0.15) is 29.5 Å². The van der Waals surface area contributed by atoms with E-state index in [9.17, 15) is 28.8 Å². The van der Waals surface area contributed by atoms with Gasteiger partial charge in [-0.1, -0.05) is 37.5 Å². The number of fused-ring (bicyclic) bond motifs is 4. The van der Waals surface area contributed by atoms with Crippen LogP contribution in [-0.2, 0) is 44.7 Å². The summed E-state index contributed by atoms with van der Waals surface area (Å²) in [7, 11) is 0. The van der Waals surface area contributed by atoms with Crippen molar-refractivity contribution in [2.45, 2.75) is 134 Å². The summed E-state index contributed by atoms with van der Waals surface area (Å²) in [6.07, 6.45) is 5.85. The second kappa shape index (κ2) is 18.0. The number of nitrogens with zero attached hydrogens (tertiary/aromatic N) is 1. The Labute approximate surface area is 306 Å². The molecule has 0 radical (unpaired) electrons. The first-order chi connectivity index (χ1) is 24.5. The van der Waals surface area contributed by atoms with Crippen LogP contribution in [-0.4, -0.2) is 95.4 Å². The van der Waals surface area contributed by atoms with E-state index in [1.54, 1.807) is 20.8 Å². The maximum absolute atomic E-state index is 14.6. The van der Waals surface area contributed by atoms with Crippen molar-refractivity contribution >= 4 is 35.4 Å². The molecule has 0 spiro atoms. The maximum Gasteiger partial charge on any atom is 0.308 e. The number of rotatable bonds is 10. The highest BCUT2D eigenvalue weighted by molar-refractivity contribution is 6.38. The fraction of sp³-hybridized carbons (Fsp3) is 0.641. The van der Waals surface area contributed by atoms with Gasteiger partial charge in [-0.15, -0.1) is 6.58 Å². The zero-order chi connectivity index (χ0) is 38.1. The lowest BCUT2D eigenvalue weighted by molar-refractivity contribution is -0.154. The van der Waals surface area contributed by atoms with Gasteiger partial charge in [0.2, 0.25) is 23.5 Å². The number of ketones is 1. The minimum absolute atomic E-state index is 0.0425. The molecule has 1 aromatic rings. The fourth-order valence-electron chi connectivity index (χ4n) is 7.06. The van der Waals surface area contributed by atoms with E-state index in [-0.39, 0.29) is 56.5 Å². The SMILES string of the molecule is C=CCC(NC(=O)C1C[C@@H]2CN1C(=O)[C@H](C1CCCCC1)NC(=O)Cc1cccc(c1)OCCC(C)(C)O2)C(=O)C(=O)NCCC(=O)OC(C)(C)C. The molecule has 1 aromatic carbocycles.